The number of nitrogens with zero attached hydrogens (tertiary/aromatic N) is 1. The summed E-state index contributed by atoms with van der Waals surface area (Å²) >= 11 is 0. The Bertz CT molecular complexity index is 420. The first-order valence-corrected chi connectivity index (χ1v) is 6.98. The Labute approximate surface area is 113 Å². The minimum Gasteiger partial charge on any atom is -0.396 e. The van der Waals surface area contributed by atoms with E-state index in [9.17, 15) is 4.79 Å². The van der Waals surface area contributed by atoms with E-state index in [1.54, 1.807) is 6.07 Å². The van der Waals surface area contributed by atoms with Crippen LogP contribution in [-0.2, 0) is 0 Å². The second-order valence-corrected chi connectivity index (χ2v) is 5.64. The number of hydrogen-bond acceptors (Lipinski definition) is 4. The van der Waals surface area contributed by atoms with Crippen LogP contribution in [0, 0.1) is 5.92 Å². The molecule has 1 saturated carbocycles. The van der Waals surface area contributed by atoms with Gasteiger partial charge in [-0.1, -0.05) is 19.0 Å². The standard InChI is InChI=1S/C14H22N2O3/c1-9(2)13-7-12(16-19-13)14(18)15-11-5-3-10(8-17)4-6-11/h7,9-11,17H,3-6,8H2,1-2H3,(H,15,18). The van der Waals surface area contributed by atoms with Crippen molar-refractivity contribution in [2.45, 2.75) is 51.5 Å². The molecule has 1 fully saturated rings. The summed E-state index contributed by atoms with van der Waals surface area (Å²) in [7, 11) is 0. The summed E-state index contributed by atoms with van der Waals surface area (Å²) in [6.45, 7) is 4.25. The number of aromatic nitrogens is 1. The lowest BCUT2D eigenvalue weighted by molar-refractivity contribution is 0.0904. The highest BCUT2D eigenvalue weighted by Gasteiger charge is 2.23. The Morgan fingerprint density at radius 3 is 2.68 bits per heavy atom. The van der Waals surface area contributed by atoms with Crippen molar-refractivity contribution in [2.24, 2.45) is 5.92 Å². The number of aliphatic hydroxyl groups is 1. The van der Waals surface area contributed by atoms with Gasteiger partial charge in [0.15, 0.2) is 5.69 Å². The maximum absolute atomic E-state index is 12.0. The fourth-order valence-corrected chi connectivity index (χ4v) is 2.42. The molecular formula is C14H22N2O3. The second kappa shape index (κ2) is 6.19. The van der Waals surface area contributed by atoms with Crippen LogP contribution in [0.2, 0.25) is 0 Å². The molecule has 0 aliphatic heterocycles. The molecule has 0 atom stereocenters. The van der Waals surface area contributed by atoms with E-state index >= 15 is 0 Å². The normalized spacial score (nSPS) is 23.6. The molecule has 2 rings (SSSR count). The minimum atomic E-state index is -0.164. The van der Waals surface area contributed by atoms with Gasteiger partial charge in [-0.15, -0.1) is 0 Å². The number of rotatable bonds is 4. The van der Waals surface area contributed by atoms with Crippen molar-refractivity contribution in [3.63, 3.8) is 0 Å². The van der Waals surface area contributed by atoms with Gasteiger partial charge in [-0.05, 0) is 31.6 Å². The number of carbonyl (C=O) groups excluding carboxylic acids is 1. The SMILES string of the molecule is CC(C)c1cc(C(=O)NC2CCC(CO)CC2)no1. The third-order valence-corrected chi connectivity index (χ3v) is 3.77. The van der Waals surface area contributed by atoms with Gasteiger partial charge in [0.05, 0.1) is 0 Å². The highest BCUT2D eigenvalue weighted by molar-refractivity contribution is 5.92. The highest BCUT2D eigenvalue weighted by atomic mass is 16.5. The summed E-state index contributed by atoms with van der Waals surface area (Å²) in [6.07, 6.45) is 3.78. The highest BCUT2D eigenvalue weighted by Crippen LogP contribution is 2.24. The molecule has 0 saturated heterocycles. The predicted molar refractivity (Wildman–Crippen MR) is 70.9 cm³/mol. The number of nitrogens with one attached hydrogen (secondary N) is 1. The van der Waals surface area contributed by atoms with Crippen molar-refractivity contribution in [2.75, 3.05) is 6.61 Å². The molecule has 1 aromatic rings. The zero-order valence-corrected chi connectivity index (χ0v) is 11.6. The number of aliphatic hydroxyl groups excluding tert-OH is 1. The number of hydrogen-bond donors (Lipinski definition) is 2. The van der Waals surface area contributed by atoms with Crippen molar-refractivity contribution in [3.05, 3.63) is 17.5 Å². The summed E-state index contributed by atoms with van der Waals surface area (Å²) in [5, 5.41) is 15.9. The fourth-order valence-electron chi connectivity index (χ4n) is 2.42. The molecular weight excluding hydrogens is 244 g/mol. The molecule has 0 unspecified atom stereocenters. The van der Waals surface area contributed by atoms with Crippen LogP contribution in [0.3, 0.4) is 0 Å². The van der Waals surface area contributed by atoms with E-state index in [0.29, 0.717) is 11.6 Å². The van der Waals surface area contributed by atoms with E-state index in [1.807, 2.05) is 13.8 Å². The molecule has 19 heavy (non-hydrogen) atoms. The number of amides is 1. The smallest absolute Gasteiger partial charge is 0.273 e. The Kier molecular flexibility index (Phi) is 4.58. The zero-order chi connectivity index (χ0) is 13.8. The van der Waals surface area contributed by atoms with Gasteiger partial charge in [0, 0.05) is 24.6 Å². The third kappa shape index (κ3) is 3.56. The summed E-state index contributed by atoms with van der Waals surface area (Å²) < 4.78 is 5.13. The summed E-state index contributed by atoms with van der Waals surface area (Å²) in [4.78, 5) is 12.0. The Balaban J connectivity index is 1.87. The van der Waals surface area contributed by atoms with Crippen molar-refractivity contribution in [3.8, 4) is 0 Å². The molecule has 5 heteroatoms. The van der Waals surface area contributed by atoms with E-state index in [-0.39, 0.29) is 24.5 Å². The lowest BCUT2D eigenvalue weighted by Gasteiger charge is -2.27. The molecule has 5 nitrogen and oxygen atoms in total. The van der Waals surface area contributed by atoms with Gasteiger partial charge in [0.2, 0.25) is 0 Å². The van der Waals surface area contributed by atoms with Crippen molar-refractivity contribution < 1.29 is 14.4 Å². The Hall–Kier alpha value is -1.36. The van der Waals surface area contributed by atoms with Gasteiger partial charge in [-0.2, -0.15) is 0 Å². The Morgan fingerprint density at radius 1 is 1.47 bits per heavy atom. The molecule has 1 heterocycles. The van der Waals surface area contributed by atoms with Gasteiger partial charge in [0.25, 0.3) is 5.91 Å². The van der Waals surface area contributed by atoms with E-state index in [2.05, 4.69) is 10.5 Å². The van der Waals surface area contributed by atoms with Crippen LogP contribution in [-0.4, -0.2) is 28.8 Å². The molecule has 0 spiro atoms. The van der Waals surface area contributed by atoms with Crippen LogP contribution < -0.4 is 5.32 Å². The lowest BCUT2D eigenvalue weighted by Crippen LogP contribution is -2.38. The minimum absolute atomic E-state index is 0.164. The summed E-state index contributed by atoms with van der Waals surface area (Å²) in [5.74, 6) is 1.19. The summed E-state index contributed by atoms with van der Waals surface area (Å²) in [5.41, 5.74) is 0.355. The van der Waals surface area contributed by atoms with Crippen molar-refractivity contribution >= 4 is 5.91 Å². The van der Waals surface area contributed by atoms with Crippen LogP contribution in [0.5, 0.6) is 0 Å². The van der Waals surface area contributed by atoms with Crippen LogP contribution in [0.15, 0.2) is 10.6 Å². The summed E-state index contributed by atoms with van der Waals surface area (Å²) in [6, 6.07) is 1.90. The maximum atomic E-state index is 12.0. The quantitative estimate of drug-likeness (QED) is 0.875. The monoisotopic (exact) mass is 266 g/mol. The molecule has 1 aromatic heterocycles. The van der Waals surface area contributed by atoms with Gasteiger partial charge in [-0.25, -0.2) is 0 Å². The van der Waals surface area contributed by atoms with Crippen LogP contribution in [0.25, 0.3) is 0 Å². The first-order valence-electron chi connectivity index (χ1n) is 6.98. The average Bonchev–Trinajstić information content (AvgIpc) is 2.89. The maximum Gasteiger partial charge on any atom is 0.273 e. The van der Waals surface area contributed by atoms with E-state index < -0.39 is 0 Å². The lowest BCUT2D eigenvalue weighted by atomic mass is 9.86. The average molecular weight is 266 g/mol. The predicted octanol–water partition coefficient (Wildman–Crippen LogP) is 2.08. The number of carbonyl (C=O) groups is 1. The van der Waals surface area contributed by atoms with Crippen molar-refractivity contribution in [1.29, 1.82) is 0 Å². The molecule has 1 aliphatic carbocycles. The van der Waals surface area contributed by atoms with Crippen LogP contribution in [0.4, 0.5) is 0 Å². The van der Waals surface area contributed by atoms with Crippen molar-refractivity contribution in [1.82, 2.24) is 10.5 Å². The molecule has 106 valence electrons. The van der Waals surface area contributed by atoms with Gasteiger partial charge < -0.3 is 14.9 Å². The molecule has 0 radical (unpaired) electrons. The van der Waals surface area contributed by atoms with Crippen LogP contribution >= 0.6 is 0 Å². The first kappa shape index (κ1) is 14.1. The fraction of sp³-hybridized carbons (Fsp3) is 0.714. The molecule has 2 N–H and O–H groups in total. The molecule has 1 amide bonds. The van der Waals surface area contributed by atoms with E-state index in [4.69, 9.17) is 9.63 Å². The second-order valence-electron chi connectivity index (χ2n) is 5.64. The van der Waals surface area contributed by atoms with Gasteiger partial charge in [0.1, 0.15) is 5.76 Å². The largest absolute Gasteiger partial charge is 0.396 e. The zero-order valence-electron chi connectivity index (χ0n) is 11.6. The molecule has 0 bridgehead atoms. The van der Waals surface area contributed by atoms with E-state index in [1.165, 1.54) is 0 Å². The Morgan fingerprint density at radius 2 is 2.16 bits per heavy atom. The van der Waals surface area contributed by atoms with E-state index in [0.717, 1.165) is 31.4 Å². The molecule has 1 aliphatic rings. The third-order valence-electron chi connectivity index (χ3n) is 3.77. The molecule has 0 aromatic carbocycles. The first-order chi connectivity index (χ1) is 9.10. The van der Waals surface area contributed by atoms with Gasteiger partial charge in [-0.3, -0.25) is 4.79 Å². The topological polar surface area (TPSA) is 75.4 Å². The van der Waals surface area contributed by atoms with Crippen LogP contribution in [0.1, 0.15) is 61.7 Å². The van der Waals surface area contributed by atoms with Gasteiger partial charge >= 0.3 is 0 Å².